The largest absolute Gasteiger partial charge is 0.497 e. The van der Waals surface area contributed by atoms with Crippen LogP contribution in [0.25, 0.3) is 0 Å². The van der Waals surface area contributed by atoms with E-state index in [9.17, 15) is 14.4 Å². The fourth-order valence-electron chi connectivity index (χ4n) is 4.64. The standard InChI is InChI=1S/C31H34N2O5/c1-3-38-31(36)26-17-19-32(20-18-26)29(34)21-23-9-13-27(14-10-23)33(30(35)25-7-5-4-6-8-25)22-24-11-15-28(37-2)16-12-24/h4-16,26H,3,17-22H2,1-2H3. The van der Waals surface area contributed by atoms with Gasteiger partial charge < -0.3 is 19.3 Å². The lowest BCUT2D eigenvalue weighted by atomic mass is 9.96. The molecule has 38 heavy (non-hydrogen) atoms. The van der Waals surface area contributed by atoms with Gasteiger partial charge in [0.25, 0.3) is 5.91 Å². The Labute approximate surface area is 224 Å². The van der Waals surface area contributed by atoms with Crippen LogP contribution < -0.4 is 9.64 Å². The highest BCUT2D eigenvalue weighted by molar-refractivity contribution is 6.06. The zero-order chi connectivity index (χ0) is 26.9. The molecule has 4 rings (SSSR count). The van der Waals surface area contributed by atoms with Crippen molar-refractivity contribution in [3.8, 4) is 5.75 Å². The third kappa shape index (κ3) is 6.79. The molecule has 0 unspecified atom stereocenters. The number of nitrogens with zero attached hydrogens (tertiary/aromatic N) is 2. The number of rotatable bonds is 9. The average molecular weight is 515 g/mol. The van der Waals surface area contributed by atoms with Gasteiger partial charge in [-0.2, -0.15) is 0 Å². The van der Waals surface area contributed by atoms with Gasteiger partial charge in [0, 0.05) is 24.3 Å². The third-order valence-corrected chi connectivity index (χ3v) is 6.84. The molecular formula is C31H34N2O5. The van der Waals surface area contributed by atoms with Gasteiger partial charge in [-0.15, -0.1) is 0 Å². The summed E-state index contributed by atoms with van der Waals surface area (Å²) >= 11 is 0. The van der Waals surface area contributed by atoms with E-state index in [2.05, 4.69) is 0 Å². The molecule has 0 saturated carbocycles. The molecule has 1 aliphatic heterocycles. The molecule has 0 bridgehead atoms. The molecule has 3 aromatic rings. The van der Waals surface area contributed by atoms with Crippen molar-refractivity contribution in [1.29, 1.82) is 0 Å². The van der Waals surface area contributed by atoms with Gasteiger partial charge in [0.15, 0.2) is 0 Å². The van der Waals surface area contributed by atoms with E-state index < -0.39 is 0 Å². The van der Waals surface area contributed by atoms with Crippen molar-refractivity contribution in [3.63, 3.8) is 0 Å². The SMILES string of the molecule is CCOC(=O)C1CCN(C(=O)Cc2ccc(N(Cc3ccc(OC)cc3)C(=O)c3ccccc3)cc2)CC1. The van der Waals surface area contributed by atoms with Gasteiger partial charge in [0.1, 0.15) is 5.75 Å². The lowest BCUT2D eigenvalue weighted by molar-refractivity contribution is -0.151. The Morgan fingerprint density at radius 3 is 2.11 bits per heavy atom. The first-order valence-corrected chi connectivity index (χ1v) is 13.0. The molecule has 1 aliphatic rings. The minimum absolute atomic E-state index is 0.0375. The van der Waals surface area contributed by atoms with Gasteiger partial charge in [-0.25, -0.2) is 0 Å². The van der Waals surface area contributed by atoms with Crippen molar-refractivity contribution in [3.05, 3.63) is 95.6 Å². The molecule has 7 heteroatoms. The fraction of sp³-hybridized carbons (Fsp3) is 0.323. The van der Waals surface area contributed by atoms with Crippen LogP contribution in [0, 0.1) is 5.92 Å². The van der Waals surface area contributed by atoms with Crippen LogP contribution in [0.1, 0.15) is 41.3 Å². The maximum atomic E-state index is 13.5. The molecule has 1 saturated heterocycles. The average Bonchev–Trinajstić information content (AvgIpc) is 2.97. The molecule has 1 fully saturated rings. The third-order valence-electron chi connectivity index (χ3n) is 6.84. The zero-order valence-electron chi connectivity index (χ0n) is 22.0. The highest BCUT2D eigenvalue weighted by Crippen LogP contribution is 2.24. The Morgan fingerprint density at radius 2 is 1.50 bits per heavy atom. The second-order valence-corrected chi connectivity index (χ2v) is 9.36. The molecule has 3 aromatic carbocycles. The molecule has 198 valence electrons. The van der Waals surface area contributed by atoms with Crippen LogP contribution in [0.3, 0.4) is 0 Å². The minimum Gasteiger partial charge on any atom is -0.497 e. The second-order valence-electron chi connectivity index (χ2n) is 9.36. The van der Waals surface area contributed by atoms with E-state index in [0.717, 1.165) is 22.6 Å². The van der Waals surface area contributed by atoms with Gasteiger partial charge in [-0.1, -0.05) is 42.5 Å². The van der Waals surface area contributed by atoms with E-state index in [1.54, 1.807) is 18.9 Å². The van der Waals surface area contributed by atoms with Crippen molar-refractivity contribution in [2.45, 2.75) is 32.7 Å². The normalized spacial score (nSPS) is 13.6. The number of likely N-dealkylation sites (tertiary alicyclic amines) is 1. The highest BCUT2D eigenvalue weighted by Gasteiger charge is 2.28. The smallest absolute Gasteiger partial charge is 0.309 e. The number of carbonyl (C=O) groups excluding carboxylic acids is 3. The number of esters is 1. The van der Waals surface area contributed by atoms with Crippen LogP contribution in [0.5, 0.6) is 5.75 Å². The van der Waals surface area contributed by atoms with Crippen LogP contribution in [-0.2, 0) is 27.3 Å². The summed E-state index contributed by atoms with van der Waals surface area (Å²) in [6.45, 7) is 3.69. The van der Waals surface area contributed by atoms with Crippen molar-refractivity contribution < 1.29 is 23.9 Å². The van der Waals surface area contributed by atoms with Crippen LogP contribution in [0.15, 0.2) is 78.9 Å². The van der Waals surface area contributed by atoms with Gasteiger partial charge in [0.2, 0.25) is 5.91 Å². The summed E-state index contributed by atoms with van der Waals surface area (Å²) in [5.41, 5.74) is 3.20. The summed E-state index contributed by atoms with van der Waals surface area (Å²) in [6, 6.07) is 24.4. The molecule has 0 N–H and O–H groups in total. The van der Waals surface area contributed by atoms with Crippen molar-refractivity contribution in [2.75, 3.05) is 31.7 Å². The first-order valence-electron chi connectivity index (χ1n) is 13.0. The number of amides is 2. The molecule has 0 aliphatic carbocycles. The summed E-state index contributed by atoms with van der Waals surface area (Å²) in [6.07, 6.45) is 1.53. The Hall–Kier alpha value is -4.13. The predicted octanol–water partition coefficient (Wildman–Crippen LogP) is 4.89. The van der Waals surface area contributed by atoms with Crippen molar-refractivity contribution >= 4 is 23.5 Å². The minimum atomic E-state index is -0.167. The zero-order valence-corrected chi connectivity index (χ0v) is 22.0. The summed E-state index contributed by atoms with van der Waals surface area (Å²) in [5, 5.41) is 0. The number of ether oxygens (including phenoxy) is 2. The van der Waals surface area contributed by atoms with E-state index in [0.29, 0.717) is 44.6 Å². The van der Waals surface area contributed by atoms with Crippen molar-refractivity contribution in [1.82, 2.24) is 4.90 Å². The fourth-order valence-corrected chi connectivity index (χ4v) is 4.64. The molecule has 0 atom stereocenters. The second kappa shape index (κ2) is 12.9. The molecule has 2 amide bonds. The summed E-state index contributed by atoms with van der Waals surface area (Å²) < 4.78 is 10.4. The molecule has 7 nitrogen and oxygen atoms in total. The van der Waals surface area contributed by atoms with Gasteiger partial charge in [-0.3, -0.25) is 14.4 Å². The highest BCUT2D eigenvalue weighted by atomic mass is 16.5. The van der Waals surface area contributed by atoms with Crippen LogP contribution in [-0.4, -0.2) is 49.5 Å². The lowest BCUT2D eigenvalue weighted by Crippen LogP contribution is -2.41. The summed E-state index contributed by atoms with van der Waals surface area (Å²) in [4.78, 5) is 41.9. The predicted molar refractivity (Wildman–Crippen MR) is 146 cm³/mol. The molecule has 0 radical (unpaired) electrons. The Kier molecular flexibility index (Phi) is 9.14. The maximum Gasteiger partial charge on any atom is 0.309 e. The first kappa shape index (κ1) is 26.9. The molecule has 1 heterocycles. The lowest BCUT2D eigenvalue weighted by Gasteiger charge is -2.31. The van der Waals surface area contributed by atoms with E-state index in [1.807, 2.05) is 83.8 Å². The van der Waals surface area contributed by atoms with E-state index in [1.165, 1.54) is 0 Å². The van der Waals surface area contributed by atoms with Crippen LogP contribution in [0.2, 0.25) is 0 Å². The number of hydrogen-bond donors (Lipinski definition) is 0. The van der Waals surface area contributed by atoms with E-state index >= 15 is 0 Å². The molecular weight excluding hydrogens is 480 g/mol. The Bertz CT molecular complexity index is 1220. The van der Waals surface area contributed by atoms with Crippen LogP contribution in [0.4, 0.5) is 5.69 Å². The number of carbonyl (C=O) groups is 3. The van der Waals surface area contributed by atoms with Crippen LogP contribution >= 0.6 is 0 Å². The van der Waals surface area contributed by atoms with Crippen molar-refractivity contribution in [2.24, 2.45) is 5.92 Å². The van der Waals surface area contributed by atoms with E-state index in [-0.39, 0.29) is 30.1 Å². The topological polar surface area (TPSA) is 76.2 Å². The Morgan fingerprint density at radius 1 is 0.868 bits per heavy atom. The maximum absolute atomic E-state index is 13.5. The Balaban J connectivity index is 1.44. The number of hydrogen-bond acceptors (Lipinski definition) is 5. The quantitative estimate of drug-likeness (QED) is 0.380. The number of benzene rings is 3. The summed E-state index contributed by atoms with van der Waals surface area (Å²) in [5.74, 6) is 0.399. The van der Waals surface area contributed by atoms with Gasteiger partial charge in [-0.05, 0) is 67.3 Å². The summed E-state index contributed by atoms with van der Waals surface area (Å²) in [7, 11) is 1.62. The monoisotopic (exact) mass is 514 g/mol. The molecule has 0 spiro atoms. The number of methoxy groups -OCH3 is 1. The van der Waals surface area contributed by atoms with Gasteiger partial charge >= 0.3 is 5.97 Å². The van der Waals surface area contributed by atoms with E-state index in [4.69, 9.17) is 9.47 Å². The number of piperidine rings is 1. The van der Waals surface area contributed by atoms with Gasteiger partial charge in [0.05, 0.1) is 32.6 Å². The first-order chi connectivity index (χ1) is 18.5. The number of anilines is 1. The molecule has 0 aromatic heterocycles.